The SMILES string of the molecule is CC(CCNC(=O)C(C)C)OC=O. The topological polar surface area (TPSA) is 55.4 Å². The van der Waals surface area contributed by atoms with Crippen molar-refractivity contribution in [3.05, 3.63) is 0 Å². The number of ether oxygens (including phenoxy) is 1. The summed E-state index contributed by atoms with van der Waals surface area (Å²) >= 11 is 0. The summed E-state index contributed by atoms with van der Waals surface area (Å²) < 4.78 is 4.65. The average molecular weight is 187 g/mol. The van der Waals surface area contributed by atoms with Crippen LogP contribution in [-0.2, 0) is 14.3 Å². The first-order valence-electron chi connectivity index (χ1n) is 4.44. The van der Waals surface area contributed by atoms with Crippen molar-refractivity contribution < 1.29 is 14.3 Å². The highest BCUT2D eigenvalue weighted by Crippen LogP contribution is 1.95. The van der Waals surface area contributed by atoms with Crippen molar-refractivity contribution in [2.75, 3.05) is 6.54 Å². The summed E-state index contributed by atoms with van der Waals surface area (Å²) in [7, 11) is 0. The van der Waals surface area contributed by atoms with E-state index in [0.29, 0.717) is 19.4 Å². The second kappa shape index (κ2) is 6.46. The molecular formula is C9H17NO3. The van der Waals surface area contributed by atoms with Crippen molar-refractivity contribution in [3.63, 3.8) is 0 Å². The number of carbonyl (C=O) groups is 2. The second-order valence-corrected chi connectivity index (χ2v) is 3.28. The Morgan fingerprint density at radius 3 is 2.54 bits per heavy atom. The van der Waals surface area contributed by atoms with Crippen LogP contribution in [0, 0.1) is 5.92 Å². The maximum atomic E-state index is 11.1. The average Bonchev–Trinajstić information content (AvgIpc) is 2.04. The lowest BCUT2D eigenvalue weighted by molar-refractivity contribution is -0.132. The number of amides is 1. The first-order chi connectivity index (χ1) is 6.07. The minimum absolute atomic E-state index is 0.00213. The van der Waals surface area contributed by atoms with Gasteiger partial charge in [0, 0.05) is 18.9 Å². The third kappa shape index (κ3) is 6.13. The second-order valence-electron chi connectivity index (χ2n) is 3.28. The molecule has 0 aliphatic rings. The molecule has 1 atom stereocenters. The smallest absolute Gasteiger partial charge is 0.293 e. The van der Waals surface area contributed by atoms with Crippen molar-refractivity contribution in [2.24, 2.45) is 5.92 Å². The van der Waals surface area contributed by atoms with E-state index >= 15 is 0 Å². The van der Waals surface area contributed by atoms with Gasteiger partial charge in [0.2, 0.25) is 5.91 Å². The quantitative estimate of drug-likeness (QED) is 0.623. The zero-order valence-electron chi connectivity index (χ0n) is 8.37. The van der Waals surface area contributed by atoms with Crippen molar-refractivity contribution in [1.82, 2.24) is 5.32 Å². The van der Waals surface area contributed by atoms with E-state index < -0.39 is 0 Å². The highest BCUT2D eigenvalue weighted by Gasteiger charge is 2.06. The lowest BCUT2D eigenvalue weighted by Crippen LogP contribution is -2.30. The molecule has 0 saturated heterocycles. The number of hydrogen-bond acceptors (Lipinski definition) is 3. The van der Waals surface area contributed by atoms with E-state index in [1.807, 2.05) is 13.8 Å². The summed E-state index contributed by atoms with van der Waals surface area (Å²) in [4.78, 5) is 21.0. The van der Waals surface area contributed by atoms with E-state index in [2.05, 4.69) is 10.1 Å². The molecule has 0 heterocycles. The molecule has 0 rings (SSSR count). The first-order valence-corrected chi connectivity index (χ1v) is 4.44. The fourth-order valence-corrected chi connectivity index (χ4v) is 0.766. The van der Waals surface area contributed by atoms with Gasteiger partial charge in [-0.2, -0.15) is 0 Å². The van der Waals surface area contributed by atoms with E-state index in [0.717, 1.165) is 0 Å². The van der Waals surface area contributed by atoms with Crippen LogP contribution in [0.3, 0.4) is 0 Å². The van der Waals surface area contributed by atoms with Gasteiger partial charge in [-0.3, -0.25) is 9.59 Å². The highest BCUT2D eigenvalue weighted by atomic mass is 16.5. The molecule has 4 nitrogen and oxygen atoms in total. The predicted molar refractivity (Wildman–Crippen MR) is 49.1 cm³/mol. The largest absolute Gasteiger partial charge is 0.465 e. The van der Waals surface area contributed by atoms with Gasteiger partial charge in [-0.05, 0) is 6.92 Å². The van der Waals surface area contributed by atoms with Gasteiger partial charge >= 0.3 is 0 Å². The Bertz CT molecular complexity index is 168. The number of carbonyl (C=O) groups excluding carboxylic acids is 2. The standard InChI is InChI=1S/C9H17NO3/c1-7(2)9(12)10-5-4-8(3)13-6-11/h6-8H,4-5H2,1-3H3,(H,10,12). The van der Waals surface area contributed by atoms with Gasteiger partial charge in [-0.25, -0.2) is 0 Å². The fraction of sp³-hybridized carbons (Fsp3) is 0.778. The summed E-state index contributed by atoms with van der Waals surface area (Å²) in [6.45, 7) is 6.43. The van der Waals surface area contributed by atoms with Crippen LogP contribution in [0.1, 0.15) is 27.2 Å². The van der Waals surface area contributed by atoms with Crippen molar-refractivity contribution in [3.8, 4) is 0 Å². The van der Waals surface area contributed by atoms with Crippen LogP contribution >= 0.6 is 0 Å². The Labute approximate surface area is 78.6 Å². The Morgan fingerprint density at radius 2 is 2.08 bits per heavy atom. The van der Waals surface area contributed by atoms with E-state index in [-0.39, 0.29) is 17.9 Å². The lowest BCUT2D eigenvalue weighted by atomic mass is 10.2. The maximum absolute atomic E-state index is 11.1. The van der Waals surface area contributed by atoms with Crippen LogP contribution in [0.15, 0.2) is 0 Å². The van der Waals surface area contributed by atoms with Gasteiger partial charge in [0.1, 0.15) is 6.10 Å². The van der Waals surface area contributed by atoms with Crippen molar-refractivity contribution in [2.45, 2.75) is 33.3 Å². The number of nitrogens with one attached hydrogen (secondary N) is 1. The molecule has 0 bridgehead atoms. The predicted octanol–water partition coefficient (Wildman–Crippen LogP) is 0.710. The molecule has 1 N–H and O–H groups in total. The van der Waals surface area contributed by atoms with Gasteiger partial charge in [0.15, 0.2) is 0 Å². The zero-order chi connectivity index (χ0) is 10.3. The molecule has 1 unspecified atom stereocenters. The fourth-order valence-electron chi connectivity index (χ4n) is 0.766. The monoisotopic (exact) mass is 187 g/mol. The van der Waals surface area contributed by atoms with Gasteiger partial charge in [0.25, 0.3) is 6.47 Å². The van der Waals surface area contributed by atoms with Gasteiger partial charge in [-0.1, -0.05) is 13.8 Å². The normalized spacial score (nSPS) is 12.3. The molecule has 0 fully saturated rings. The van der Waals surface area contributed by atoms with Crippen LogP contribution in [0.2, 0.25) is 0 Å². The van der Waals surface area contributed by atoms with E-state index in [1.165, 1.54) is 0 Å². The molecular weight excluding hydrogens is 170 g/mol. The van der Waals surface area contributed by atoms with Gasteiger partial charge in [-0.15, -0.1) is 0 Å². The molecule has 76 valence electrons. The molecule has 1 amide bonds. The highest BCUT2D eigenvalue weighted by molar-refractivity contribution is 5.77. The first kappa shape index (κ1) is 11.9. The summed E-state index contributed by atoms with van der Waals surface area (Å²) in [6.07, 6.45) is 0.516. The Hall–Kier alpha value is -1.06. The van der Waals surface area contributed by atoms with Crippen LogP contribution in [0.4, 0.5) is 0 Å². The molecule has 0 aromatic rings. The van der Waals surface area contributed by atoms with Crippen LogP contribution in [-0.4, -0.2) is 25.0 Å². The summed E-state index contributed by atoms with van der Waals surface area (Å²) in [5, 5.41) is 2.74. The van der Waals surface area contributed by atoms with Crippen LogP contribution < -0.4 is 5.32 Å². The lowest BCUT2D eigenvalue weighted by Gasteiger charge is -2.11. The van der Waals surface area contributed by atoms with Crippen molar-refractivity contribution >= 4 is 12.4 Å². The number of rotatable bonds is 6. The molecule has 0 aliphatic carbocycles. The third-order valence-electron chi connectivity index (χ3n) is 1.66. The van der Waals surface area contributed by atoms with Gasteiger partial charge < -0.3 is 10.1 Å². The summed E-state index contributed by atoms with van der Waals surface area (Å²) in [5.41, 5.74) is 0. The Balaban J connectivity index is 3.44. The minimum Gasteiger partial charge on any atom is -0.465 e. The number of hydrogen-bond donors (Lipinski definition) is 1. The van der Waals surface area contributed by atoms with Crippen LogP contribution in [0.25, 0.3) is 0 Å². The van der Waals surface area contributed by atoms with Crippen LogP contribution in [0.5, 0.6) is 0 Å². The van der Waals surface area contributed by atoms with E-state index in [4.69, 9.17) is 0 Å². The molecule has 0 radical (unpaired) electrons. The van der Waals surface area contributed by atoms with Gasteiger partial charge in [0.05, 0.1) is 0 Å². The molecule has 4 heteroatoms. The summed E-state index contributed by atoms with van der Waals surface area (Å²) in [6, 6.07) is 0. The minimum atomic E-state index is -0.134. The Morgan fingerprint density at radius 1 is 1.46 bits per heavy atom. The molecule has 13 heavy (non-hydrogen) atoms. The summed E-state index contributed by atoms with van der Waals surface area (Å²) in [5.74, 6) is 0.0283. The van der Waals surface area contributed by atoms with Crippen molar-refractivity contribution in [1.29, 1.82) is 0 Å². The molecule has 0 aromatic heterocycles. The maximum Gasteiger partial charge on any atom is 0.293 e. The molecule has 0 aliphatic heterocycles. The Kier molecular flexibility index (Phi) is 5.93. The molecule has 0 spiro atoms. The molecule has 0 saturated carbocycles. The molecule has 0 aromatic carbocycles. The third-order valence-corrected chi connectivity index (χ3v) is 1.66. The zero-order valence-corrected chi connectivity index (χ0v) is 8.37. The van der Waals surface area contributed by atoms with E-state index in [1.54, 1.807) is 6.92 Å². The van der Waals surface area contributed by atoms with E-state index in [9.17, 15) is 9.59 Å².